The summed E-state index contributed by atoms with van der Waals surface area (Å²) >= 11 is 1.18. The summed E-state index contributed by atoms with van der Waals surface area (Å²) in [6.07, 6.45) is 6.62. The van der Waals surface area contributed by atoms with Crippen LogP contribution in [0, 0.1) is 35.0 Å². The molecule has 0 spiro atoms. The first-order chi connectivity index (χ1) is 41.1. The fraction of sp³-hybridized carbons (Fsp3) is 0.300. The summed E-state index contributed by atoms with van der Waals surface area (Å²) in [4.78, 5) is 105. The van der Waals surface area contributed by atoms with Crippen LogP contribution in [-0.4, -0.2) is 86.5 Å². The Morgan fingerprint density at radius 3 is 1.48 bits per heavy atom. The normalized spacial score (nSPS) is 16.2. The third kappa shape index (κ3) is 18.6. The van der Waals surface area contributed by atoms with Crippen LogP contribution in [-0.2, 0) is 68.5 Å². The van der Waals surface area contributed by atoms with Crippen molar-refractivity contribution >= 4 is 80.1 Å². The standard InChI is InChI=1S/C60H56N4O20S/c1-5-50(65)78-32-74-44-27-45(75-33-79-51(66)6-2)29-46(28-44)83-58(71)40-15-17-41(18-16-40)59(72)84-48-23-19-37(55-54(48)62-60(85-55)64-63-42-20-9-36(31-61)10-21-42)25-26-73-56(69)38-11-13-39(14-12-38)57(70)82-43-22-24-47(76-34-80-52(67)7-3)49(30-43)77-35-81-53(68)8-4/h5-10,19-24,27-30,38-41H,1-4,11-18,25-26,32-35H2. The van der Waals surface area contributed by atoms with E-state index in [1.807, 2.05) is 0 Å². The largest absolute Gasteiger partial charge is 0.465 e. The minimum absolute atomic E-state index is 0.0110. The lowest BCUT2D eigenvalue weighted by Gasteiger charge is -2.26. The molecule has 5 aromatic rings. The summed E-state index contributed by atoms with van der Waals surface area (Å²) < 4.78 is 65.2. The molecule has 1 heterocycles. The number of benzene rings is 4. The van der Waals surface area contributed by atoms with Gasteiger partial charge in [0.1, 0.15) is 28.5 Å². The van der Waals surface area contributed by atoms with Gasteiger partial charge in [0, 0.05) is 55.0 Å². The van der Waals surface area contributed by atoms with Crippen LogP contribution in [0.25, 0.3) is 10.2 Å². The van der Waals surface area contributed by atoms with Crippen LogP contribution in [0.5, 0.6) is 40.2 Å². The van der Waals surface area contributed by atoms with Gasteiger partial charge in [0.05, 0.1) is 52.3 Å². The summed E-state index contributed by atoms with van der Waals surface area (Å²) in [5.74, 6) is -6.65. The molecule has 0 N–H and O–H groups in total. The van der Waals surface area contributed by atoms with Gasteiger partial charge in [-0.3, -0.25) is 19.2 Å². The van der Waals surface area contributed by atoms with Crippen molar-refractivity contribution in [3.8, 4) is 46.3 Å². The first-order valence-electron chi connectivity index (χ1n) is 26.3. The SMILES string of the molecule is C=CC(=O)OCOc1cc(OCOC(=O)C=C)cc(OC(=O)C2CCC(C(=O)Oc3ccc(CCOC(=O)C4CCC(C(=O)Oc5ccc(OCOC(=O)C=C)c(OCOC(=O)C=C)c5)CC4)c4sc(N=Nc5ccc(C#N)cc5)nc34)CC2)c1. The smallest absolute Gasteiger partial charge is 0.333 e. The van der Waals surface area contributed by atoms with E-state index in [1.54, 1.807) is 36.4 Å². The number of nitrogens with zero attached hydrogens (tertiary/aromatic N) is 4. The van der Waals surface area contributed by atoms with E-state index >= 15 is 0 Å². The van der Waals surface area contributed by atoms with Crippen molar-refractivity contribution in [3.63, 3.8) is 0 Å². The molecule has 25 heteroatoms. The molecular formula is C60H56N4O20S. The number of hydrogen-bond donors (Lipinski definition) is 0. The van der Waals surface area contributed by atoms with Crippen LogP contribution in [0.1, 0.15) is 62.5 Å². The number of carbonyl (C=O) groups is 8. The molecule has 4 aromatic carbocycles. The first-order valence-corrected chi connectivity index (χ1v) is 27.1. The minimum atomic E-state index is -0.745. The van der Waals surface area contributed by atoms with Crippen LogP contribution in [0.3, 0.4) is 0 Å². The number of aromatic nitrogens is 1. The maximum atomic E-state index is 13.8. The van der Waals surface area contributed by atoms with Crippen LogP contribution in [0.2, 0.25) is 0 Å². The number of nitriles is 1. The van der Waals surface area contributed by atoms with Crippen molar-refractivity contribution in [2.75, 3.05) is 33.8 Å². The van der Waals surface area contributed by atoms with Crippen molar-refractivity contribution in [1.29, 1.82) is 5.26 Å². The average molecular weight is 1190 g/mol. The lowest BCUT2D eigenvalue weighted by atomic mass is 9.82. The molecule has 2 aliphatic rings. The van der Waals surface area contributed by atoms with E-state index in [-0.39, 0.29) is 71.2 Å². The highest BCUT2D eigenvalue weighted by Gasteiger charge is 2.34. The van der Waals surface area contributed by atoms with Gasteiger partial charge in [-0.2, -0.15) is 5.26 Å². The van der Waals surface area contributed by atoms with E-state index < -0.39 is 98.6 Å². The monoisotopic (exact) mass is 1180 g/mol. The molecule has 2 saturated carbocycles. The number of carbonyl (C=O) groups excluding carboxylic acids is 8. The minimum Gasteiger partial charge on any atom is -0.465 e. The number of hydrogen-bond acceptors (Lipinski definition) is 25. The summed E-state index contributed by atoms with van der Waals surface area (Å²) in [5.41, 5.74) is 1.94. The van der Waals surface area contributed by atoms with Gasteiger partial charge in [-0.25, -0.2) is 24.2 Å². The molecule has 24 nitrogen and oxygen atoms in total. The van der Waals surface area contributed by atoms with Gasteiger partial charge in [-0.15, -0.1) is 10.2 Å². The third-order valence-corrected chi connectivity index (χ3v) is 14.0. The van der Waals surface area contributed by atoms with Gasteiger partial charge >= 0.3 is 47.8 Å². The Morgan fingerprint density at radius 1 is 0.506 bits per heavy atom. The molecule has 7 rings (SSSR count). The van der Waals surface area contributed by atoms with Crippen molar-refractivity contribution in [1.82, 2.24) is 4.98 Å². The van der Waals surface area contributed by atoms with Gasteiger partial charge in [-0.05, 0) is 99.4 Å². The third-order valence-electron chi connectivity index (χ3n) is 13.0. The van der Waals surface area contributed by atoms with E-state index in [0.29, 0.717) is 60.0 Å². The Balaban J connectivity index is 0.944. The quantitative estimate of drug-likeness (QED) is 0.0112. The second-order valence-corrected chi connectivity index (χ2v) is 19.5. The van der Waals surface area contributed by atoms with Crippen LogP contribution in [0.15, 0.2) is 134 Å². The van der Waals surface area contributed by atoms with Gasteiger partial charge in [0.2, 0.25) is 32.3 Å². The lowest BCUT2D eigenvalue weighted by molar-refractivity contribution is -0.152. The fourth-order valence-electron chi connectivity index (χ4n) is 8.55. The summed E-state index contributed by atoms with van der Waals surface area (Å²) in [7, 11) is 0. The van der Waals surface area contributed by atoms with Crippen LogP contribution >= 0.6 is 11.3 Å². The number of esters is 8. The molecule has 85 heavy (non-hydrogen) atoms. The predicted molar refractivity (Wildman–Crippen MR) is 297 cm³/mol. The van der Waals surface area contributed by atoms with E-state index in [4.69, 9.17) is 56.8 Å². The van der Waals surface area contributed by atoms with Crippen LogP contribution in [0.4, 0.5) is 10.8 Å². The van der Waals surface area contributed by atoms with Crippen LogP contribution < -0.4 is 33.2 Å². The Hall–Kier alpha value is -10.2. The number of thiazole rings is 1. The van der Waals surface area contributed by atoms with Gasteiger partial charge in [-0.1, -0.05) is 43.7 Å². The maximum Gasteiger partial charge on any atom is 0.333 e. The molecule has 2 fully saturated rings. The number of rotatable bonds is 28. The Kier molecular flexibility index (Phi) is 23.0. The second kappa shape index (κ2) is 31.3. The van der Waals surface area contributed by atoms with Crippen molar-refractivity contribution in [2.45, 2.75) is 57.8 Å². The molecule has 0 bridgehead atoms. The molecular weight excluding hydrogens is 1130 g/mol. The topological polar surface area (TPSA) is 309 Å². The van der Waals surface area contributed by atoms with Crippen molar-refractivity contribution in [2.24, 2.45) is 33.9 Å². The van der Waals surface area contributed by atoms with Crippen molar-refractivity contribution in [3.05, 3.63) is 135 Å². The Morgan fingerprint density at radius 2 is 0.965 bits per heavy atom. The van der Waals surface area contributed by atoms with E-state index in [2.05, 4.69) is 47.6 Å². The molecule has 1 aromatic heterocycles. The maximum absolute atomic E-state index is 13.8. The predicted octanol–water partition coefficient (Wildman–Crippen LogP) is 9.66. The summed E-state index contributed by atoms with van der Waals surface area (Å²) in [6, 6.07) is 20.2. The summed E-state index contributed by atoms with van der Waals surface area (Å²) in [5, 5.41) is 18.1. The highest BCUT2D eigenvalue weighted by atomic mass is 32.1. The lowest BCUT2D eigenvalue weighted by Crippen LogP contribution is -2.30. The molecule has 0 aliphatic heterocycles. The number of fused-ring (bicyclic) bond motifs is 1. The zero-order valence-electron chi connectivity index (χ0n) is 45.6. The average Bonchev–Trinajstić information content (AvgIpc) is 3.12. The van der Waals surface area contributed by atoms with E-state index in [1.165, 1.54) is 47.7 Å². The summed E-state index contributed by atoms with van der Waals surface area (Å²) in [6.45, 7) is 11.3. The molecule has 0 radical (unpaired) electrons. The Labute approximate surface area is 490 Å². The number of ether oxygens (including phenoxy) is 12. The van der Waals surface area contributed by atoms with Crippen molar-refractivity contribution < 1.29 is 95.2 Å². The fourth-order valence-corrected chi connectivity index (χ4v) is 9.50. The molecule has 442 valence electrons. The molecule has 0 amide bonds. The van der Waals surface area contributed by atoms with E-state index in [0.717, 1.165) is 29.9 Å². The zero-order chi connectivity index (χ0) is 60.7. The zero-order valence-corrected chi connectivity index (χ0v) is 46.5. The first kappa shape index (κ1) is 62.4. The second-order valence-electron chi connectivity index (χ2n) is 18.5. The Bertz CT molecular complexity index is 3340. The van der Waals surface area contributed by atoms with Gasteiger partial charge in [0.25, 0.3) is 0 Å². The van der Waals surface area contributed by atoms with Gasteiger partial charge < -0.3 is 56.8 Å². The van der Waals surface area contributed by atoms with Gasteiger partial charge in [0.15, 0.2) is 17.2 Å². The highest BCUT2D eigenvalue weighted by molar-refractivity contribution is 7.22. The molecule has 0 atom stereocenters. The van der Waals surface area contributed by atoms with E-state index in [9.17, 15) is 43.6 Å². The molecule has 0 unspecified atom stereocenters. The number of azo groups is 1. The molecule has 0 saturated heterocycles. The molecule has 2 aliphatic carbocycles. The highest BCUT2D eigenvalue weighted by Crippen LogP contribution is 2.40.